The minimum Gasteiger partial charge on any atom is -0.332 e. The first-order valence-corrected chi connectivity index (χ1v) is 7.43. The molecule has 0 N–H and O–H groups in total. The predicted molar refractivity (Wildman–Crippen MR) is 73.8 cm³/mol. The summed E-state index contributed by atoms with van der Waals surface area (Å²) in [7, 11) is 0. The fraction of sp³-hybridized carbons (Fsp3) is 0.800. The Labute approximate surface area is 110 Å². The van der Waals surface area contributed by atoms with Gasteiger partial charge < -0.3 is 9.47 Å². The van der Waals surface area contributed by atoms with Crippen molar-refractivity contribution >= 4 is 0 Å². The maximum atomic E-state index is 4.74. The Bertz CT molecular complexity index is 421. The van der Waals surface area contributed by atoms with Gasteiger partial charge in [0.2, 0.25) is 0 Å². The second-order valence-corrected chi connectivity index (χ2v) is 6.43. The van der Waals surface area contributed by atoms with Crippen LogP contribution in [0.25, 0.3) is 0 Å². The van der Waals surface area contributed by atoms with Crippen LogP contribution in [0.3, 0.4) is 0 Å². The van der Waals surface area contributed by atoms with Gasteiger partial charge in [0.1, 0.15) is 5.82 Å². The second-order valence-electron chi connectivity index (χ2n) is 6.43. The van der Waals surface area contributed by atoms with Crippen LogP contribution in [0.4, 0.5) is 0 Å². The Kier molecular flexibility index (Phi) is 3.18. The number of rotatable bonds is 2. The average Bonchev–Trinajstić information content (AvgIpc) is 2.92. The zero-order chi connectivity index (χ0) is 12.7. The molecule has 1 saturated heterocycles. The van der Waals surface area contributed by atoms with Crippen molar-refractivity contribution in [2.75, 3.05) is 13.1 Å². The fourth-order valence-electron chi connectivity index (χ4n) is 3.45. The molecule has 3 rings (SSSR count). The fourth-order valence-corrected chi connectivity index (χ4v) is 3.45. The minimum atomic E-state index is 0.662. The summed E-state index contributed by atoms with van der Waals surface area (Å²) in [6, 6.07) is 0.672. The summed E-state index contributed by atoms with van der Waals surface area (Å²) in [5.74, 6) is 2.85. The summed E-state index contributed by atoms with van der Waals surface area (Å²) >= 11 is 0. The quantitative estimate of drug-likeness (QED) is 0.801. The molecule has 1 fully saturated rings. The number of hydrogen-bond donors (Lipinski definition) is 0. The Morgan fingerprint density at radius 2 is 2.11 bits per heavy atom. The Balaban J connectivity index is 1.78. The number of hydrogen-bond acceptors (Lipinski definition) is 2. The number of likely N-dealkylation sites (tertiary alicyclic amines) is 1. The maximum absolute atomic E-state index is 4.74. The molecule has 18 heavy (non-hydrogen) atoms. The third-order valence-corrected chi connectivity index (χ3v) is 4.69. The molecular formula is C15H25N3. The number of aromatic nitrogens is 2. The van der Waals surface area contributed by atoms with E-state index < -0.39 is 0 Å². The van der Waals surface area contributed by atoms with Crippen molar-refractivity contribution in [1.29, 1.82) is 0 Å². The first kappa shape index (κ1) is 12.2. The zero-order valence-electron chi connectivity index (χ0n) is 11.9. The third-order valence-electron chi connectivity index (χ3n) is 4.69. The topological polar surface area (TPSA) is 21.1 Å². The molecule has 0 aliphatic carbocycles. The smallest absolute Gasteiger partial charge is 0.113 e. The standard InChI is InChI=1S/C15H25N3/c1-11(2)17-6-5-13(10-17)15-16-9-14-8-12(3)4-7-18(14)15/h9,11-13H,4-8,10H2,1-3H3. The van der Waals surface area contributed by atoms with E-state index in [1.807, 2.05) is 0 Å². The molecule has 2 unspecified atom stereocenters. The highest BCUT2D eigenvalue weighted by Crippen LogP contribution is 2.31. The summed E-state index contributed by atoms with van der Waals surface area (Å²) in [6.07, 6.45) is 5.94. The van der Waals surface area contributed by atoms with Gasteiger partial charge in [-0.2, -0.15) is 0 Å². The van der Waals surface area contributed by atoms with Crippen molar-refractivity contribution in [1.82, 2.24) is 14.5 Å². The molecule has 0 amide bonds. The van der Waals surface area contributed by atoms with E-state index >= 15 is 0 Å². The number of fused-ring (bicyclic) bond motifs is 1. The van der Waals surface area contributed by atoms with Gasteiger partial charge in [0, 0.05) is 36.9 Å². The van der Waals surface area contributed by atoms with Crippen LogP contribution in [0.1, 0.15) is 51.0 Å². The summed E-state index contributed by atoms with van der Waals surface area (Å²) in [6.45, 7) is 10.6. The molecule has 0 bridgehead atoms. The monoisotopic (exact) mass is 247 g/mol. The van der Waals surface area contributed by atoms with Gasteiger partial charge in [-0.3, -0.25) is 0 Å². The molecular weight excluding hydrogens is 222 g/mol. The van der Waals surface area contributed by atoms with Crippen molar-refractivity contribution in [2.24, 2.45) is 5.92 Å². The van der Waals surface area contributed by atoms with Crippen LogP contribution >= 0.6 is 0 Å². The summed E-state index contributed by atoms with van der Waals surface area (Å²) < 4.78 is 2.51. The maximum Gasteiger partial charge on any atom is 0.113 e. The SMILES string of the molecule is CC1CCn2c(cnc2C2CCN(C(C)C)C2)C1. The van der Waals surface area contributed by atoms with Crippen LogP contribution in [-0.4, -0.2) is 33.6 Å². The Hall–Kier alpha value is -0.830. The van der Waals surface area contributed by atoms with E-state index in [2.05, 4.69) is 36.4 Å². The molecule has 3 heterocycles. The second kappa shape index (κ2) is 4.69. The van der Waals surface area contributed by atoms with E-state index in [-0.39, 0.29) is 0 Å². The van der Waals surface area contributed by atoms with Crippen LogP contribution < -0.4 is 0 Å². The van der Waals surface area contributed by atoms with Crippen molar-refractivity contribution in [3.05, 3.63) is 17.7 Å². The van der Waals surface area contributed by atoms with Gasteiger partial charge in [0.25, 0.3) is 0 Å². The van der Waals surface area contributed by atoms with Gasteiger partial charge in [-0.25, -0.2) is 4.98 Å². The summed E-state index contributed by atoms with van der Waals surface area (Å²) in [4.78, 5) is 7.33. The normalized spacial score (nSPS) is 28.9. The molecule has 3 nitrogen and oxygen atoms in total. The highest BCUT2D eigenvalue weighted by atomic mass is 15.2. The molecule has 100 valence electrons. The molecule has 2 atom stereocenters. The van der Waals surface area contributed by atoms with Crippen molar-refractivity contribution in [2.45, 2.75) is 58.5 Å². The van der Waals surface area contributed by atoms with Crippen LogP contribution in [0.2, 0.25) is 0 Å². The van der Waals surface area contributed by atoms with Crippen LogP contribution in [-0.2, 0) is 13.0 Å². The minimum absolute atomic E-state index is 0.662. The summed E-state index contributed by atoms with van der Waals surface area (Å²) in [5.41, 5.74) is 1.46. The molecule has 1 aromatic rings. The predicted octanol–water partition coefficient (Wildman–Crippen LogP) is 2.66. The van der Waals surface area contributed by atoms with Crippen molar-refractivity contribution in [3.63, 3.8) is 0 Å². The molecule has 1 aromatic heterocycles. The van der Waals surface area contributed by atoms with Crippen molar-refractivity contribution < 1.29 is 0 Å². The Morgan fingerprint density at radius 3 is 2.83 bits per heavy atom. The molecule has 3 heteroatoms. The molecule has 0 radical (unpaired) electrons. The van der Waals surface area contributed by atoms with Crippen LogP contribution in [0, 0.1) is 5.92 Å². The van der Waals surface area contributed by atoms with Gasteiger partial charge in [0.15, 0.2) is 0 Å². The van der Waals surface area contributed by atoms with E-state index in [1.165, 1.54) is 50.4 Å². The highest BCUT2D eigenvalue weighted by molar-refractivity contribution is 5.14. The zero-order valence-corrected chi connectivity index (χ0v) is 11.9. The molecule has 2 aliphatic heterocycles. The van der Waals surface area contributed by atoms with Crippen molar-refractivity contribution in [3.8, 4) is 0 Å². The molecule has 0 spiro atoms. The number of imidazole rings is 1. The van der Waals surface area contributed by atoms with Gasteiger partial charge in [-0.1, -0.05) is 6.92 Å². The first-order chi connectivity index (χ1) is 8.65. The van der Waals surface area contributed by atoms with Gasteiger partial charge in [-0.05, 0) is 45.6 Å². The molecule has 2 aliphatic rings. The van der Waals surface area contributed by atoms with Gasteiger partial charge in [0.05, 0.1) is 0 Å². The Morgan fingerprint density at radius 1 is 1.28 bits per heavy atom. The van der Waals surface area contributed by atoms with E-state index in [4.69, 9.17) is 4.98 Å². The average molecular weight is 247 g/mol. The molecule has 0 aromatic carbocycles. The van der Waals surface area contributed by atoms with E-state index in [0.717, 1.165) is 5.92 Å². The lowest BCUT2D eigenvalue weighted by atomic mass is 9.98. The van der Waals surface area contributed by atoms with Gasteiger partial charge >= 0.3 is 0 Å². The lowest BCUT2D eigenvalue weighted by Crippen LogP contribution is -2.28. The first-order valence-electron chi connectivity index (χ1n) is 7.43. The van der Waals surface area contributed by atoms with Gasteiger partial charge in [-0.15, -0.1) is 0 Å². The summed E-state index contributed by atoms with van der Waals surface area (Å²) in [5, 5.41) is 0. The van der Waals surface area contributed by atoms with Crippen LogP contribution in [0.15, 0.2) is 6.20 Å². The highest BCUT2D eigenvalue weighted by Gasteiger charge is 2.30. The van der Waals surface area contributed by atoms with E-state index in [1.54, 1.807) is 0 Å². The lowest BCUT2D eigenvalue weighted by Gasteiger charge is -2.24. The van der Waals surface area contributed by atoms with Crippen LogP contribution in [0.5, 0.6) is 0 Å². The van der Waals surface area contributed by atoms with E-state index in [0.29, 0.717) is 12.0 Å². The lowest BCUT2D eigenvalue weighted by molar-refractivity contribution is 0.271. The molecule has 0 saturated carbocycles. The number of nitrogens with zero attached hydrogens (tertiary/aromatic N) is 3. The third kappa shape index (κ3) is 2.09. The largest absolute Gasteiger partial charge is 0.332 e. The van der Waals surface area contributed by atoms with E-state index in [9.17, 15) is 0 Å².